The van der Waals surface area contributed by atoms with E-state index in [9.17, 15) is 8.78 Å². The molecule has 0 amide bonds. The molecule has 0 spiro atoms. The maximum atomic E-state index is 13.2. The van der Waals surface area contributed by atoms with Crippen LogP contribution < -0.4 is 5.32 Å². The number of nitrogens with one attached hydrogen (secondary N) is 1. The summed E-state index contributed by atoms with van der Waals surface area (Å²) in [4.78, 5) is 1.10. The van der Waals surface area contributed by atoms with Crippen molar-refractivity contribution in [1.29, 1.82) is 0 Å². The first-order chi connectivity index (χ1) is 8.22. The SMILES string of the molecule is CCNC(c1ccc(F)c(F)c1)c1cccs1. The topological polar surface area (TPSA) is 12.0 Å². The number of benzene rings is 1. The Labute approximate surface area is 103 Å². The molecule has 0 aliphatic heterocycles. The van der Waals surface area contributed by atoms with Gasteiger partial charge in [0.05, 0.1) is 6.04 Å². The van der Waals surface area contributed by atoms with Gasteiger partial charge in [0.25, 0.3) is 0 Å². The zero-order chi connectivity index (χ0) is 12.3. The van der Waals surface area contributed by atoms with E-state index in [1.54, 1.807) is 17.4 Å². The van der Waals surface area contributed by atoms with E-state index in [0.717, 1.165) is 17.0 Å². The van der Waals surface area contributed by atoms with Crippen molar-refractivity contribution in [2.45, 2.75) is 13.0 Å². The van der Waals surface area contributed by atoms with Crippen LogP contribution in [-0.2, 0) is 0 Å². The molecule has 1 aromatic carbocycles. The summed E-state index contributed by atoms with van der Waals surface area (Å²) in [7, 11) is 0. The van der Waals surface area contributed by atoms with Crippen LogP contribution in [0.5, 0.6) is 0 Å². The monoisotopic (exact) mass is 253 g/mol. The molecule has 0 saturated heterocycles. The maximum absolute atomic E-state index is 13.2. The van der Waals surface area contributed by atoms with Gasteiger partial charge in [0, 0.05) is 4.88 Å². The molecule has 4 heteroatoms. The molecule has 2 rings (SSSR count). The summed E-state index contributed by atoms with van der Waals surface area (Å²) in [5.74, 6) is -1.61. The Balaban J connectivity index is 2.35. The smallest absolute Gasteiger partial charge is 0.159 e. The average molecular weight is 253 g/mol. The van der Waals surface area contributed by atoms with Gasteiger partial charge < -0.3 is 5.32 Å². The Hall–Kier alpha value is -1.26. The predicted octanol–water partition coefficient (Wildman–Crippen LogP) is 3.73. The van der Waals surface area contributed by atoms with Gasteiger partial charge in [-0.15, -0.1) is 11.3 Å². The molecule has 1 atom stereocenters. The fourth-order valence-electron chi connectivity index (χ4n) is 1.73. The molecule has 1 N–H and O–H groups in total. The predicted molar refractivity (Wildman–Crippen MR) is 66.2 cm³/mol. The lowest BCUT2D eigenvalue weighted by Gasteiger charge is -2.17. The molecule has 1 nitrogen and oxygen atoms in total. The number of halogens is 2. The van der Waals surface area contributed by atoms with Gasteiger partial charge in [0.15, 0.2) is 11.6 Å². The average Bonchev–Trinajstić information content (AvgIpc) is 2.83. The minimum Gasteiger partial charge on any atom is -0.306 e. The van der Waals surface area contributed by atoms with Crippen LogP contribution in [0.4, 0.5) is 8.78 Å². The first-order valence-electron chi connectivity index (χ1n) is 5.44. The lowest BCUT2D eigenvalue weighted by molar-refractivity contribution is 0.504. The van der Waals surface area contributed by atoms with Gasteiger partial charge in [-0.05, 0) is 35.7 Å². The van der Waals surface area contributed by atoms with E-state index in [-0.39, 0.29) is 6.04 Å². The van der Waals surface area contributed by atoms with Crippen LogP contribution in [0.15, 0.2) is 35.7 Å². The maximum Gasteiger partial charge on any atom is 0.159 e. The molecule has 0 aliphatic carbocycles. The number of rotatable bonds is 4. The van der Waals surface area contributed by atoms with Crippen LogP contribution in [0.3, 0.4) is 0 Å². The molecule has 1 unspecified atom stereocenters. The lowest BCUT2D eigenvalue weighted by atomic mass is 10.1. The molecule has 90 valence electrons. The van der Waals surface area contributed by atoms with Crippen molar-refractivity contribution in [2.24, 2.45) is 0 Å². The van der Waals surface area contributed by atoms with E-state index >= 15 is 0 Å². The van der Waals surface area contributed by atoms with Crippen molar-refractivity contribution >= 4 is 11.3 Å². The van der Waals surface area contributed by atoms with Gasteiger partial charge in [-0.25, -0.2) is 8.78 Å². The van der Waals surface area contributed by atoms with Crippen LogP contribution >= 0.6 is 11.3 Å². The molecule has 0 saturated carbocycles. The molecule has 0 fully saturated rings. The molecule has 0 aliphatic rings. The normalized spacial score (nSPS) is 12.6. The fraction of sp³-hybridized carbons (Fsp3) is 0.231. The summed E-state index contributed by atoms with van der Waals surface area (Å²) in [6.45, 7) is 2.75. The second kappa shape index (κ2) is 5.38. The van der Waals surface area contributed by atoms with Gasteiger partial charge in [-0.1, -0.05) is 19.1 Å². The molecule has 17 heavy (non-hydrogen) atoms. The minimum absolute atomic E-state index is 0.0740. The summed E-state index contributed by atoms with van der Waals surface area (Å²) < 4.78 is 26.1. The Kier molecular flexibility index (Phi) is 3.86. The van der Waals surface area contributed by atoms with Crippen molar-refractivity contribution < 1.29 is 8.78 Å². The summed E-state index contributed by atoms with van der Waals surface area (Å²) in [6, 6.07) is 7.90. The number of thiophene rings is 1. The highest BCUT2D eigenvalue weighted by Crippen LogP contribution is 2.26. The van der Waals surface area contributed by atoms with Crippen molar-refractivity contribution in [3.63, 3.8) is 0 Å². The second-order valence-corrected chi connectivity index (χ2v) is 4.66. The van der Waals surface area contributed by atoms with Crippen LogP contribution in [0, 0.1) is 11.6 Å². The fourth-order valence-corrected chi connectivity index (χ4v) is 2.56. The van der Waals surface area contributed by atoms with Gasteiger partial charge in [-0.2, -0.15) is 0 Å². The molecule has 0 bridgehead atoms. The molecule has 2 aromatic rings. The van der Waals surface area contributed by atoms with Crippen molar-refractivity contribution in [2.75, 3.05) is 6.54 Å². The summed E-state index contributed by atoms with van der Waals surface area (Å²) >= 11 is 1.60. The molecular formula is C13H13F2NS. The van der Waals surface area contributed by atoms with Gasteiger partial charge >= 0.3 is 0 Å². The van der Waals surface area contributed by atoms with E-state index in [0.29, 0.717) is 0 Å². The highest BCUT2D eigenvalue weighted by molar-refractivity contribution is 7.10. The largest absolute Gasteiger partial charge is 0.306 e. The van der Waals surface area contributed by atoms with Crippen LogP contribution in [-0.4, -0.2) is 6.54 Å². The molecule has 1 heterocycles. The van der Waals surface area contributed by atoms with E-state index < -0.39 is 11.6 Å². The number of hydrogen-bond acceptors (Lipinski definition) is 2. The van der Waals surface area contributed by atoms with Crippen molar-refractivity contribution in [3.05, 3.63) is 57.8 Å². The zero-order valence-corrected chi connectivity index (χ0v) is 10.2. The third-order valence-electron chi connectivity index (χ3n) is 2.51. The number of hydrogen-bond donors (Lipinski definition) is 1. The van der Waals surface area contributed by atoms with Crippen molar-refractivity contribution in [3.8, 4) is 0 Å². The molecule has 0 radical (unpaired) electrons. The van der Waals surface area contributed by atoms with Gasteiger partial charge in [-0.3, -0.25) is 0 Å². The van der Waals surface area contributed by atoms with E-state index in [1.807, 2.05) is 24.4 Å². The second-order valence-electron chi connectivity index (χ2n) is 3.68. The third kappa shape index (κ3) is 2.70. The Morgan fingerprint density at radius 1 is 1.24 bits per heavy atom. The van der Waals surface area contributed by atoms with Gasteiger partial charge in [0.2, 0.25) is 0 Å². The lowest BCUT2D eigenvalue weighted by Crippen LogP contribution is -2.21. The van der Waals surface area contributed by atoms with Crippen LogP contribution in [0.1, 0.15) is 23.4 Å². The Morgan fingerprint density at radius 3 is 2.65 bits per heavy atom. The zero-order valence-electron chi connectivity index (χ0n) is 9.41. The highest BCUT2D eigenvalue weighted by Gasteiger charge is 2.15. The van der Waals surface area contributed by atoms with Crippen molar-refractivity contribution in [1.82, 2.24) is 5.32 Å². The Bertz CT molecular complexity index is 482. The van der Waals surface area contributed by atoms with Gasteiger partial charge in [0.1, 0.15) is 0 Å². The van der Waals surface area contributed by atoms with E-state index in [1.165, 1.54) is 12.1 Å². The summed E-state index contributed by atoms with van der Waals surface area (Å²) in [5, 5.41) is 5.24. The van der Waals surface area contributed by atoms with Crippen LogP contribution in [0.25, 0.3) is 0 Å². The van der Waals surface area contributed by atoms with Crippen LogP contribution in [0.2, 0.25) is 0 Å². The Morgan fingerprint density at radius 2 is 2.06 bits per heavy atom. The summed E-state index contributed by atoms with van der Waals surface area (Å²) in [6.07, 6.45) is 0. The summed E-state index contributed by atoms with van der Waals surface area (Å²) in [5.41, 5.74) is 0.744. The quantitative estimate of drug-likeness (QED) is 0.875. The standard InChI is InChI=1S/C13H13F2NS/c1-2-16-13(12-4-3-7-17-12)9-5-6-10(14)11(15)8-9/h3-8,13,16H,2H2,1H3. The molecular weight excluding hydrogens is 240 g/mol. The van der Waals surface area contributed by atoms with E-state index in [2.05, 4.69) is 5.32 Å². The van der Waals surface area contributed by atoms with E-state index in [4.69, 9.17) is 0 Å². The first kappa shape index (κ1) is 12.2. The minimum atomic E-state index is -0.810. The first-order valence-corrected chi connectivity index (χ1v) is 6.32. The third-order valence-corrected chi connectivity index (χ3v) is 3.45. The highest BCUT2D eigenvalue weighted by atomic mass is 32.1. The molecule has 1 aromatic heterocycles.